The number of hydrogen-bond acceptors (Lipinski definition) is 5. The van der Waals surface area contributed by atoms with Crippen LogP contribution in [0.25, 0.3) is 0 Å². The first-order chi connectivity index (χ1) is 14.5. The van der Waals surface area contributed by atoms with E-state index in [4.69, 9.17) is 4.74 Å². The van der Waals surface area contributed by atoms with Gasteiger partial charge in [-0.1, -0.05) is 31.0 Å². The van der Waals surface area contributed by atoms with E-state index in [1.807, 2.05) is 30.3 Å². The van der Waals surface area contributed by atoms with Gasteiger partial charge in [0.05, 0.1) is 17.6 Å². The molecule has 0 radical (unpaired) electrons. The molecule has 1 saturated heterocycles. The molecule has 0 bridgehead atoms. The van der Waals surface area contributed by atoms with Gasteiger partial charge in [-0.25, -0.2) is 13.1 Å². The van der Waals surface area contributed by atoms with Gasteiger partial charge in [-0.3, -0.25) is 4.79 Å². The van der Waals surface area contributed by atoms with E-state index in [1.165, 1.54) is 19.2 Å². The Morgan fingerprint density at radius 2 is 1.77 bits per heavy atom. The first-order valence-electron chi connectivity index (χ1n) is 10.2. The molecule has 1 fully saturated rings. The first kappa shape index (κ1) is 22.7. The van der Waals surface area contributed by atoms with Crippen molar-refractivity contribution in [3.8, 4) is 5.75 Å². The van der Waals surface area contributed by atoms with E-state index in [2.05, 4.69) is 4.72 Å². The van der Waals surface area contributed by atoms with Crippen LogP contribution in [0.15, 0.2) is 58.3 Å². The van der Waals surface area contributed by atoms with Gasteiger partial charge in [-0.15, -0.1) is 11.8 Å². The largest absolute Gasteiger partial charge is 0.496 e. The van der Waals surface area contributed by atoms with E-state index >= 15 is 0 Å². The molecule has 1 N–H and O–H groups in total. The van der Waals surface area contributed by atoms with Gasteiger partial charge < -0.3 is 9.64 Å². The summed E-state index contributed by atoms with van der Waals surface area (Å²) in [6.45, 7) is 1.67. The summed E-state index contributed by atoms with van der Waals surface area (Å²) in [4.78, 5) is 16.0. The Bertz CT molecular complexity index is 941. The second-order valence-electron chi connectivity index (χ2n) is 7.13. The minimum atomic E-state index is -3.72. The van der Waals surface area contributed by atoms with Crippen LogP contribution in [0.2, 0.25) is 0 Å². The number of carbonyl (C=O) groups excluding carboxylic acids is 1. The van der Waals surface area contributed by atoms with Gasteiger partial charge in [-0.2, -0.15) is 0 Å². The number of carbonyl (C=O) groups is 1. The third kappa shape index (κ3) is 6.00. The average Bonchev–Trinajstić information content (AvgIpc) is 3.06. The SMILES string of the molecule is COc1ccc(S(=O)(=O)NCCSc2ccccc2)cc1C(=O)N1CCCCCC1. The molecule has 1 amide bonds. The van der Waals surface area contributed by atoms with E-state index in [9.17, 15) is 13.2 Å². The van der Waals surface area contributed by atoms with Crippen molar-refractivity contribution in [2.24, 2.45) is 0 Å². The monoisotopic (exact) mass is 448 g/mol. The summed E-state index contributed by atoms with van der Waals surface area (Å²) in [6.07, 6.45) is 4.15. The zero-order chi connectivity index (χ0) is 21.4. The number of methoxy groups -OCH3 is 1. The van der Waals surface area contributed by atoms with Crippen LogP contribution in [-0.4, -0.2) is 51.7 Å². The normalized spacial score (nSPS) is 14.9. The molecule has 0 aromatic heterocycles. The molecule has 0 saturated carbocycles. The lowest BCUT2D eigenvalue weighted by atomic mass is 10.1. The molecule has 3 rings (SSSR count). The van der Waals surface area contributed by atoms with Crippen LogP contribution >= 0.6 is 11.8 Å². The van der Waals surface area contributed by atoms with Crippen molar-refractivity contribution >= 4 is 27.7 Å². The number of benzene rings is 2. The third-order valence-electron chi connectivity index (χ3n) is 5.01. The van der Waals surface area contributed by atoms with Gasteiger partial charge in [-0.05, 0) is 43.2 Å². The Labute approximate surface area is 183 Å². The molecule has 0 spiro atoms. The number of nitrogens with one attached hydrogen (secondary N) is 1. The van der Waals surface area contributed by atoms with Crippen LogP contribution in [0, 0.1) is 0 Å². The standard InChI is InChI=1S/C22H28N2O4S2/c1-28-21-12-11-19(17-20(21)22(25)24-14-7-2-3-8-15-24)30(26,27)23-13-16-29-18-9-5-4-6-10-18/h4-6,9-12,17,23H,2-3,7-8,13-16H2,1H3. The lowest BCUT2D eigenvalue weighted by Crippen LogP contribution is -2.32. The van der Waals surface area contributed by atoms with Crippen LogP contribution < -0.4 is 9.46 Å². The number of hydrogen-bond donors (Lipinski definition) is 1. The molecular weight excluding hydrogens is 420 g/mol. The highest BCUT2D eigenvalue weighted by Crippen LogP contribution is 2.25. The lowest BCUT2D eigenvalue weighted by molar-refractivity contribution is 0.0758. The van der Waals surface area contributed by atoms with Crippen LogP contribution in [-0.2, 0) is 10.0 Å². The highest BCUT2D eigenvalue weighted by molar-refractivity contribution is 7.99. The molecule has 2 aromatic carbocycles. The van der Waals surface area contributed by atoms with E-state index in [1.54, 1.807) is 22.7 Å². The maximum Gasteiger partial charge on any atom is 0.257 e. The van der Waals surface area contributed by atoms with Crippen LogP contribution in [0.3, 0.4) is 0 Å². The number of sulfonamides is 1. The smallest absolute Gasteiger partial charge is 0.257 e. The summed E-state index contributed by atoms with van der Waals surface area (Å²) in [5.74, 6) is 0.826. The third-order valence-corrected chi connectivity index (χ3v) is 7.48. The predicted molar refractivity (Wildman–Crippen MR) is 120 cm³/mol. The second-order valence-corrected chi connectivity index (χ2v) is 10.1. The molecule has 0 unspecified atom stereocenters. The quantitative estimate of drug-likeness (QED) is 0.491. The summed E-state index contributed by atoms with van der Waals surface area (Å²) < 4.78 is 33.5. The highest BCUT2D eigenvalue weighted by atomic mass is 32.2. The van der Waals surface area contributed by atoms with E-state index in [-0.39, 0.29) is 10.8 Å². The number of nitrogens with zero attached hydrogens (tertiary/aromatic N) is 1. The summed E-state index contributed by atoms with van der Waals surface area (Å²) >= 11 is 1.58. The topological polar surface area (TPSA) is 75.7 Å². The molecule has 1 aliphatic rings. The summed E-state index contributed by atoms with van der Waals surface area (Å²) in [6, 6.07) is 14.3. The van der Waals surface area contributed by atoms with Crippen molar-refractivity contribution < 1.29 is 17.9 Å². The van der Waals surface area contributed by atoms with Gasteiger partial charge >= 0.3 is 0 Å². The fourth-order valence-corrected chi connectivity index (χ4v) is 5.39. The summed E-state index contributed by atoms with van der Waals surface area (Å²) in [5, 5.41) is 0. The van der Waals surface area contributed by atoms with Crippen LogP contribution in [0.1, 0.15) is 36.0 Å². The Hall–Kier alpha value is -2.03. The number of likely N-dealkylation sites (tertiary alicyclic amines) is 1. The molecule has 162 valence electrons. The second kappa shape index (κ2) is 10.8. The van der Waals surface area contributed by atoms with Crippen molar-refractivity contribution in [3.05, 3.63) is 54.1 Å². The molecule has 0 aliphatic carbocycles. The summed E-state index contributed by atoms with van der Waals surface area (Å²) in [5.41, 5.74) is 0.293. The summed E-state index contributed by atoms with van der Waals surface area (Å²) in [7, 11) is -2.24. The maximum atomic E-state index is 13.1. The van der Waals surface area contributed by atoms with Gasteiger partial charge in [0.1, 0.15) is 5.75 Å². The van der Waals surface area contributed by atoms with Gasteiger partial charge in [0.25, 0.3) is 5.91 Å². The zero-order valence-corrected chi connectivity index (χ0v) is 18.8. The van der Waals surface area contributed by atoms with Gasteiger partial charge in [0.2, 0.25) is 10.0 Å². The highest BCUT2D eigenvalue weighted by Gasteiger charge is 2.24. The Morgan fingerprint density at radius 1 is 1.07 bits per heavy atom. The number of rotatable bonds is 8. The Kier molecular flexibility index (Phi) is 8.18. The van der Waals surface area contributed by atoms with Crippen molar-refractivity contribution in [3.63, 3.8) is 0 Å². The zero-order valence-electron chi connectivity index (χ0n) is 17.2. The van der Waals surface area contributed by atoms with Crippen molar-refractivity contribution in [2.45, 2.75) is 35.5 Å². The van der Waals surface area contributed by atoms with E-state index in [0.29, 0.717) is 36.7 Å². The minimum Gasteiger partial charge on any atom is -0.496 e. The lowest BCUT2D eigenvalue weighted by Gasteiger charge is -2.22. The molecule has 30 heavy (non-hydrogen) atoms. The van der Waals surface area contributed by atoms with Crippen molar-refractivity contribution in [1.82, 2.24) is 9.62 Å². The minimum absolute atomic E-state index is 0.0752. The van der Waals surface area contributed by atoms with Crippen LogP contribution in [0.5, 0.6) is 5.75 Å². The average molecular weight is 449 g/mol. The van der Waals surface area contributed by atoms with Gasteiger partial charge in [0, 0.05) is 30.3 Å². The van der Waals surface area contributed by atoms with E-state index in [0.717, 1.165) is 30.6 Å². The number of ether oxygens (including phenoxy) is 1. The number of amides is 1. The number of thioether (sulfide) groups is 1. The molecule has 1 heterocycles. The Balaban J connectivity index is 1.69. The predicted octanol–water partition coefficient (Wildman–Crippen LogP) is 3.78. The Morgan fingerprint density at radius 3 is 2.43 bits per heavy atom. The van der Waals surface area contributed by atoms with Gasteiger partial charge in [0.15, 0.2) is 0 Å². The molecular formula is C22H28N2O4S2. The first-order valence-corrected chi connectivity index (χ1v) is 12.6. The molecule has 2 aromatic rings. The molecule has 6 nitrogen and oxygen atoms in total. The maximum absolute atomic E-state index is 13.1. The van der Waals surface area contributed by atoms with Crippen molar-refractivity contribution in [2.75, 3.05) is 32.5 Å². The van der Waals surface area contributed by atoms with E-state index < -0.39 is 10.0 Å². The molecule has 1 aliphatic heterocycles. The fourth-order valence-electron chi connectivity index (χ4n) is 3.41. The molecule has 8 heteroatoms. The fraction of sp³-hybridized carbons (Fsp3) is 0.409. The van der Waals surface area contributed by atoms with Crippen molar-refractivity contribution in [1.29, 1.82) is 0 Å². The van der Waals surface area contributed by atoms with Crippen LogP contribution in [0.4, 0.5) is 0 Å². The molecule has 0 atom stereocenters.